The summed E-state index contributed by atoms with van der Waals surface area (Å²) < 4.78 is 1.83. The van der Waals surface area contributed by atoms with Crippen molar-refractivity contribution in [2.75, 3.05) is 0 Å². The van der Waals surface area contributed by atoms with E-state index in [1.807, 2.05) is 18.2 Å². The first-order valence-corrected chi connectivity index (χ1v) is 5.01. The van der Waals surface area contributed by atoms with Gasteiger partial charge in [-0.25, -0.2) is 4.98 Å². The van der Waals surface area contributed by atoms with E-state index in [0.29, 0.717) is 5.46 Å². The van der Waals surface area contributed by atoms with E-state index in [0.717, 1.165) is 22.6 Å². The van der Waals surface area contributed by atoms with Crippen molar-refractivity contribution in [3.63, 3.8) is 0 Å². The molecule has 0 amide bonds. The van der Waals surface area contributed by atoms with Crippen LogP contribution in [0.25, 0.3) is 11.2 Å². The molecule has 0 aliphatic heterocycles. The summed E-state index contributed by atoms with van der Waals surface area (Å²) in [6.45, 7) is 7.71. The van der Waals surface area contributed by atoms with Crippen LogP contribution in [-0.2, 0) is 0 Å². The van der Waals surface area contributed by atoms with Gasteiger partial charge in [0.1, 0.15) is 5.65 Å². The van der Waals surface area contributed by atoms with Gasteiger partial charge >= 0.3 is 7.12 Å². The average molecular weight is 216 g/mol. The molecule has 2 aromatic heterocycles. The van der Waals surface area contributed by atoms with Crippen molar-refractivity contribution in [1.82, 2.24) is 9.38 Å². The van der Waals surface area contributed by atoms with Crippen molar-refractivity contribution in [1.29, 1.82) is 0 Å². The lowest BCUT2D eigenvalue weighted by atomic mass is 9.82. The van der Waals surface area contributed by atoms with Crippen LogP contribution in [0.3, 0.4) is 0 Å². The third-order valence-electron chi connectivity index (χ3n) is 2.52. The van der Waals surface area contributed by atoms with Gasteiger partial charge in [0.15, 0.2) is 0 Å². The van der Waals surface area contributed by atoms with Crippen LogP contribution in [0.5, 0.6) is 0 Å². The van der Waals surface area contributed by atoms with E-state index in [1.165, 1.54) is 0 Å². The Morgan fingerprint density at radius 1 is 1.44 bits per heavy atom. The molecule has 0 bridgehead atoms. The van der Waals surface area contributed by atoms with E-state index in [-0.39, 0.29) is 0 Å². The van der Waals surface area contributed by atoms with Crippen LogP contribution in [0, 0.1) is 6.92 Å². The summed E-state index contributed by atoms with van der Waals surface area (Å²) in [5.74, 6) is 0. The number of allylic oxidation sites excluding steroid dienone is 1. The standard InChI is InChI=1S/C11H13BN2O2/c1-7(2)11-8(3)13-10-5-4-9(12(15)16)6-14(10)11/h4-6,15-16H,1H2,2-3H3. The first kappa shape index (κ1) is 10.9. The summed E-state index contributed by atoms with van der Waals surface area (Å²) in [6.07, 6.45) is 1.67. The molecular formula is C11H13BN2O2. The number of aryl methyl sites for hydroxylation is 1. The molecule has 0 aromatic carbocycles. The maximum atomic E-state index is 9.12. The van der Waals surface area contributed by atoms with Gasteiger partial charge in [-0.3, -0.25) is 0 Å². The summed E-state index contributed by atoms with van der Waals surface area (Å²) in [7, 11) is -1.47. The molecule has 4 nitrogen and oxygen atoms in total. The van der Waals surface area contributed by atoms with Crippen molar-refractivity contribution >= 4 is 23.8 Å². The molecule has 0 spiro atoms. The lowest BCUT2D eigenvalue weighted by Crippen LogP contribution is -2.30. The fourth-order valence-electron chi connectivity index (χ4n) is 1.85. The van der Waals surface area contributed by atoms with Gasteiger partial charge in [-0.2, -0.15) is 0 Å². The number of nitrogens with zero attached hydrogens (tertiary/aromatic N) is 2. The summed E-state index contributed by atoms with van der Waals surface area (Å²) >= 11 is 0. The van der Waals surface area contributed by atoms with E-state index in [9.17, 15) is 0 Å². The third-order valence-corrected chi connectivity index (χ3v) is 2.52. The molecule has 0 radical (unpaired) electrons. The quantitative estimate of drug-likeness (QED) is 0.712. The Hall–Kier alpha value is -1.59. The highest BCUT2D eigenvalue weighted by Gasteiger charge is 2.14. The minimum atomic E-state index is -1.47. The predicted octanol–water partition coefficient (Wildman–Crippen LogP) is 0.356. The summed E-state index contributed by atoms with van der Waals surface area (Å²) in [6, 6.07) is 3.41. The normalized spacial score (nSPS) is 10.8. The van der Waals surface area contributed by atoms with Gasteiger partial charge in [-0.15, -0.1) is 0 Å². The Morgan fingerprint density at radius 2 is 2.12 bits per heavy atom. The maximum absolute atomic E-state index is 9.12. The second kappa shape index (κ2) is 3.77. The Morgan fingerprint density at radius 3 is 2.69 bits per heavy atom. The lowest BCUT2D eigenvalue weighted by molar-refractivity contribution is 0.425. The SMILES string of the molecule is C=C(C)c1c(C)nc2ccc(B(O)O)cn12. The Bertz CT molecular complexity index is 560. The zero-order valence-corrected chi connectivity index (χ0v) is 9.31. The van der Waals surface area contributed by atoms with Crippen LogP contribution in [0.2, 0.25) is 0 Å². The molecule has 0 atom stereocenters. The second-order valence-electron chi connectivity index (χ2n) is 3.89. The Kier molecular flexibility index (Phi) is 2.57. The molecular weight excluding hydrogens is 203 g/mol. The highest BCUT2D eigenvalue weighted by Crippen LogP contribution is 2.17. The molecule has 0 saturated carbocycles. The number of hydrogen-bond acceptors (Lipinski definition) is 3. The van der Waals surface area contributed by atoms with Gasteiger partial charge in [0, 0.05) is 6.20 Å². The number of pyridine rings is 1. The Balaban J connectivity index is 2.74. The fraction of sp³-hybridized carbons (Fsp3) is 0.182. The largest absolute Gasteiger partial charge is 0.489 e. The van der Waals surface area contributed by atoms with Gasteiger partial charge in [0.05, 0.1) is 11.4 Å². The number of rotatable bonds is 2. The molecule has 0 aliphatic rings. The van der Waals surface area contributed by atoms with Crippen molar-refractivity contribution in [2.24, 2.45) is 0 Å². The highest BCUT2D eigenvalue weighted by molar-refractivity contribution is 6.58. The summed E-state index contributed by atoms with van der Waals surface area (Å²) in [4.78, 5) is 4.37. The minimum Gasteiger partial charge on any atom is -0.423 e. The molecule has 2 N–H and O–H groups in total. The molecule has 2 heterocycles. The zero-order valence-electron chi connectivity index (χ0n) is 9.31. The monoisotopic (exact) mass is 216 g/mol. The van der Waals surface area contributed by atoms with Crippen molar-refractivity contribution in [3.8, 4) is 0 Å². The van der Waals surface area contributed by atoms with Crippen LogP contribution < -0.4 is 5.46 Å². The molecule has 16 heavy (non-hydrogen) atoms. The van der Waals surface area contributed by atoms with E-state index >= 15 is 0 Å². The first-order chi connectivity index (χ1) is 7.50. The van der Waals surface area contributed by atoms with Crippen LogP contribution in [0.1, 0.15) is 18.3 Å². The van der Waals surface area contributed by atoms with Crippen molar-refractivity contribution in [2.45, 2.75) is 13.8 Å². The smallest absolute Gasteiger partial charge is 0.423 e. The van der Waals surface area contributed by atoms with E-state index < -0.39 is 7.12 Å². The third kappa shape index (κ3) is 1.64. The number of fused-ring (bicyclic) bond motifs is 1. The van der Waals surface area contributed by atoms with Gasteiger partial charge in [0.25, 0.3) is 0 Å². The van der Waals surface area contributed by atoms with E-state index in [4.69, 9.17) is 10.0 Å². The topological polar surface area (TPSA) is 57.8 Å². The lowest BCUT2D eigenvalue weighted by Gasteiger charge is -2.04. The molecule has 82 valence electrons. The van der Waals surface area contributed by atoms with Crippen LogP contribution in [0.15, 0.2) is 24.9 Å². The molecule has 0 saturated heterocycles. The Labute approximate surface area is 94.0 Å². The highest BCUT2D eigenvalue weighted by atomic mass is 16.4. The van der Waals surface area contributed by atoms with Gasteiger partial charge in [-0.1, -0.05) is 12.6 Å². The van der Waals surface area contributed by atoms with Gasteiger partial charge in [-0.05, 0) is 30.9 Å². The number of hydrogen-bond donors (Lipinski definition) is 2. The van der Waals surface area contributed by atoms with Gasteiger partial charge in [0.2, 0.25) is 0 Å². The van der Waals surface area contributed by atoms with E-state index in [2.05, 4.69) is 11.6 Å². The molecule has 5 heteroatoms. The van der Waals surface area contributed by atoms with Crippen LogP contribution >= 0.6 is 0 Å². The minimum absolute atomic E-state index is 0.437. The summed E-state index contributed by atoms with van der Waals surface area (Å²) in [5.41, 5.74) is 3.91. The van der Waals surface area contributed by atoms with Gasteiger partial charge < -0.3 is 14.4 Å². The predicted molar refractivity (Wildman–Crippen MR) is 64.5 cm³/mol. The van der Waals surface area contributed by atoms with Crippen LogP contribution in [0.4, 0.5) is 0 Å². The van der Waals surface area contributed by atoms with Crippen LogP contribution in [-0.4, -0.2) is 26.6 Å². The van der Waals surface area contributed by atoms with E-state index in [1.54, 1.807) is 18.3 Å². The summed E-state index contributed by atoms with van der Waals surface area (Å²) in [5, 5.41) is 18.2. The molecule has 0 unspecified atom stereocenters. The van der Waals surface area contributed by atoms with Crippen molar-refractivity contribution in [3.05, 3.63) is 36.3 Å². The number of imidazole rings is 1. The average Bonchev–Trinajstić information content (AvgIpc) is 2.51. The number of aromatic nitrogens is 2. The molecule has 0 fully saturated rings. The maximum Gasteiger partial charge on any atom is 0.489 e. The second-order valence-corrected chi connectivity index (χ2v) is 3.89. The molecule has 2 aromatic rings. The zero-order chi connectivity index (χ0) is 11.9. The van der Waals surface area contributed by atoms with Crippen molar-refractivity contribution < 1.29 is 10.0 Å². The fourth-order valence-corrected chi connectivity index (χ4v) is 1.85. The first-order valence-electron chi connectivity index (χ1n) is 5.01. The molecule has 0 aliphatic carbocycles. The molecule has 2 rings (SSSR count).